The first kappa shape index (κ1) is 24.8. The van der Waals surface area contributed by atoms with Gasteiger partial charge in [0, 0.05) is 6.54 Å². The smallest absolute Gasteiger partial charge is 0.331 e. The molecule has 0 heterocycles. The van der Waals surface area contributed by atoms with Crippen molar-refractivity contribution in [3.8, 4) is 0 Å². The van der Waals surface area contributed by atoms with Gasteiger partial charge in [-0.3, -0.25) is 4.79 Å². The molecule has 0 atom stereocenters. The van der Waals surface area contributed by atoms with Crippen molar-refractivity contribution in [2.24, 2.45) is 0 Å². The Morgan fingerprint density at radius 2 is 1.64 bits per heavy atom. The van der Waals surface area contributed by atoms with E-state index in [1.54, 1.807) is 25.2 Å². The van der Waals surface area contributed by atoms with Crippen LogP contribution in [0.2, 0.25) is 0 Å². The number of esters is 1. The maximum Gasteiger partial charge on any atom is 0.331 e. The molecule has 0 aromatic heterocycles. The van der Waals surface area contributed by atoms with Gasteiger partial charge in [0.15, 0.2) is 0 Å². The zero-order valence-electron chi connectivity index (χ0n) is 13.3. The number of amides is 1. The molecule has 0 aliphatic rings. The molecule has 126 valence electrons. The number of aliphatic hydroxyl groups excluding tert-OH is 1. The normalized spacial score (nSPS) is 7.91. The zero-order chi connectivity index (χ0) is 17.6. The molecule has 0 radical (unpaired) electrons. The fourth-order valence-electron chi connectivity index (χ4n) is 0.686. The zero-order valence-corrected chi connectivity index (χ0v) is 13.3. The second-order valence-corrected chi connectivity index (χ2v) is 3.32. The van der Waals surface area contributed by atoms with Crippen molar-refractivity contribution < 1.29 is 24.2 Å². The lowest BCUT2D eigenvalue weighted by Gasteiger charge is -1.93. The summed E-state index contributed by atoms with van der Waals surface area (Å²) < 4.78 is 9.20. The van der Waals surface area contributed by atoms with Crippen LogP contribution < -0.4 is 5.32 Å². The SMILES string of the molecule is C=CCNC(=O)C=C.C=CCOCC=C.CCOC(=O)CO. The third kappa shape index (κ3) is 30.7. The number of ether oxygens (including phenoxy) is 2. The first-order valence-electron chi connectivity index (χ1n) is 6.61. The summed E-state index contributed by atoms with van der Waals surface area (Å²) in [4.78, 5) is 20.2. The Morgan fingerprint density at radius 1 is 1.09 bits per heavy atom. The number of carbonyl (C=O) groups excluding carboxylic acids is 2. The van der Waals surface area contributed by atoms with E-state index in [0.717, 1.165) is 0 Å². The van der Waals surface area contributed by atoms with Crippen LogP contribution in [0.4, 0.5) is 0 Å². The number of nitrogens with one attached hydrogen (secondary N) is 1. The van der Waals surface area contributed by atoms with Gasteiger partial charge in [-0.2, -0.15) is 0 Å². The van der Waals surface area contributed by atoms with Gasteiger partial charge >= 0.3 is 5.97 Å². The van der Waals surface area contributed by atoms with Gasteiger partial charge in [0.25, 0.3) is 0 Å². The molecule has 0 aromatic rings. The molecule has 0 unspecified atom stereocenters. The molecule has 0 saturated heterocycles. The van der Waals surface area contributed by atoms with E-state index in [4.69, 9.17) is 9.84 Å². The van der Waals surface area contributed by atoms with Gasteiger partial charge < -0.3 is 19.9 Å². The van der Waals surface area contributed by atoms with Crippen LogP contribution in [0.1, 0.15) is 6.92 Å². The molecule has 0 spiro atoms. The first-order chi connectivity index (χ1) is 10.5. The molecule has 6 heteroatoms. The third-order valence-electron chi connectivity index (χ3n) is 1.51. The second-order valence-electron chi connectivity index (χ2n) is 3.32. The average molecular weight is 313 g/mol. The van der Waals surface area contributed by atoms with Gasteiger partial charge in [0.05, 0.1) is 19.8 Å². The maximum absolute atomic E-state index is 10.3. The molecule has 2 N–H and O–H groups in total. The molecule has 1 amide bonds. The summed E-state index contributed by atoms with van der Waals surface area (Å²) in [5, 5.41) is 10.5. The first-order valence-corrected chi connectivity index (χ1v) is 6.61. The van der Waals surface area contributed by atoms with Crippen LogP contribution >= 0.6 is 0 Å². The molecule has 0 aliphatic carbocycles. The lowest BCUT2D eigenvalue weighted by Crippen LogP contribution is -2.19. The Kier molecular flexibility index (Phi) is 26.9. The lowest BCUT2D eigenvalue weighted by molar-refractivity contribution is -0.146. The summed E-state index contributed by atoms with van der Waals surface area (Å²) in [6.45, 7) is 16.9. The Hall–Kier alpha value is -2.18. The van der Waals surface area contributed by atoms with E-state index in [9.17, 15) is 9.59 Å². The van der Waals surface area contributed by atoms with E-state index in [1.165, 1.54) is 6.08 Å². The van der Waals surface area contributed by atoms with E-state index >= 15 is 0 Å². The van der Waals surface area contributed by atoms with E-state index in [1.807, 2.05) is 0 Å². The van der Waals surface area contributed by atoms with Crippen molar-refractivity contribution in [1.29, 1.82) is 0 Å². The molecule has 6 nitrogen and oxygen atoms in total. The van der Waals surface area contributed by atoms with E-state index < -0.39 is 12.6 Å². The molecule has 0 rings (SSSR count). The van der Waals surface area contributed by atoms with Crippen LogP contribution in [0.3, 0.4) is 0 Å². The average Bonchev–Trinajstić information content (AvgIpc) is 2.54. The summed E-state index contributed by atoms with van der Waals surface area (Å²) in [5.74, 6) is -0.729. The van der Waals surface area contributed by atoms with E-state index in [-0.39, 0.29) is 5.91 Å². The Labute approximate surface area is 132 Å². The van der Waals surface area contributed by atoms with Crippen LogP contribution in [0.15, 0.2) is 50.6 Å². The van der Waals surface area contributed by atoms with Crippen LogP contribution in [-0.2, 0) is 19.1 Å². The highest BCUT2D eigenvalue weighted by Gasteiger charge is 1.92. The quantitative estimate of drug-likeness (QED) is 0.291. The largest absolute Gasteiger partial charge is 0.464 e. The topological polar surface area (TPSA) is 84.9 Å². The summed E-state index contributed by atoms with van der Waals surface area (Å²) in [6, 6.07) is 0. The van der Waals surface area contributed by atoms with Gasteiger partial charge in [-0.1, -0.05) is 24.8 Å². The predicted molar refractivity (Wildman–Crippen MR) is 88.3 cm³/mol. The van der Waals surface area contributed by atoms with Crippen LogP contribution in [0, 0.1) is 0 Å². The highest BCUT2D eigenvalue weighted by molar-refractivity contribution is 5.86. The molecule has 0 bridgehead atoms. The fourth-order valence-corrected chi connectivity index (χ4v) is 0.686. The van der Waals surface area contributed by atoms with Gasteiger partial charge in [0.1, 0.15) is 6.61 Å². The number of hydrogen-bond acceptors (Lipinski definition) is 5. The molecular formula is C16H27NO5. The monoisotopic (exact) mass is 313 g/mol. The molecular weight excluding hydrogens is 286 g/mol. The van der Waals surface area contributed by atoms with E-state index in [2.05, 4.69) is 36.4 Å². The standard InChI is InChI=1S/C6H9NO.C6H10O.C4H8O3/c1-3-5-7-6(8)4-2;1-3-5-7-6-4-2;1-2-7-4(6)3-5/h3-4H,1-2,5H2,(H,7,8);3-4H,1-2,5-6H2;5H,2-3H2,1H3. The minimum absolute atomic E-state index is 0.162. The second kappa shape index (κ2) is 23.9. The van der Waals surface area contributed by atoms with Crippen LogP contribution in [0.5, 0.6) is 0 Å². The fraction of sp³-hybridized carbons (Fsp3) is 0.375. The van der Waals surface area contributed by atoms with Crippen molar-refractivity contribution in [2.75, 3.05) is 33.0 Å². The molecule has 0 aromatic carbocycles. The number of aliphatic hydroxyl groups is 1. The highest BCUT2D eigenvalue weighted by atomic mass is 16.5. The predicted octanol–water partition coefficient (Wildman–Crippen LogP) is 1.39. The maximum atomic E-state index is 10.3. The van der Waals surface area contributed by atoms with Gasteiger partial charge in [-0.15, -0.1) is 19.7 Å². The summed E-state index contributed by atoms with van der Waals surface area (Å²) in [6.07, 6.45) is 6.26. The molecule has 0 saturated carbocycles. The Bertz CT molecular complexity index is 318. The third-order valence-corrected chi connectivity index (χ3v) is 1.51. The van der Waals surface area contributed by atoms with Crippen molar-refractivity contribution >= 4 is 11.9 Å². The Morgan fingerprint density at radius 3 is 1.91 bits per heavy atom. The molecule has 0 fully saturated rings. The number of carbonyl (C=O) groups is 2. The lowest BCUT2D eigenvalue weighted by atomic mass is 10.5. The van der Waals surface area contributed by atoms with Crippen LogP contribution in [0.25, 0.3) is 0 Å². The number of hydrogen-bond donors (Lipinski definition) is 2. The summed E-state index contributed by atoms with van der Waals surface area (Å²) in [7, 11) is 0. The molecule has 22 heavy (non-hydrogen) atoms. The van der Waals surface area contributed by atoms with Crippen LogP contribution in [-0.4, -0.2) is 50.0 Å². The molecule has 0 aliphatic heterocycles. The van der Waals surface area contributed by atoms with Crippen molar-refractivity contribution in [3.05, 3.63) is 50.6 Å². The van der Waals surface area contributed by atoms with Crippen molar-refractivity contribution in [3.63, 3.8) is 0 Å². The summed E-state index contributed by atoms with van der Waals surface area (Å²) >= 11 is 0. The Balaban J connectivity index is -0.000000247. The van der Waals surface area contributed by atoms with Gasteiger partial charge in [-0.25, -0.2) is 4.79 Å². The number of rotatable bonds is 9. The minimum atomic E-state index is -0.567. The van der Waals surface area contributed by atoms with Crippen molar-refractivity contribution in [2.45, 2.75) is 6.92 Å². The minimum Gasteiger partial charge on any atom is -0.464 e. The van der Waals surface area contributed by atoms with Crippen molar-refractivity contribution in [1.82, 2.24) is 5.32 Å². The van der Waals surface area contributed by atoms with Gasteiger partial charge in [0.2, 0.25) is 5.91 Å². The summed E-state index contributed by atoms with van der Waals surface area (Å²) in [5.41, 5.74) is 0. The van der Waals surface area contributed by atoms with E-state index in [0.29, 0.717) is 26.4 Å². The highest BCUT2D eigenvalue weighted by Crippen LogP contribution is 1.73. The van der Waals surface area contributed by atoms with Gasteiger partial charge in [-0.05, 0) is 13.0 Å².